The van der Waals surface area contributed by atoms with Crippen molar-refractivity contribution in [3.8, 4) is 0 Å². The van der Waals surface area contributed by atoms with Crippen LogP contribution in [0.3, 0.4) is 0 Å². The molecule has 1 unspecified atom stereocenters. The molecule has 0 spiro atoms. The van der Waals surface area contributed by atoms with Crippen LogP contribution in [0.2, 0.25) is 0 Å². The van der Waals surface area contributed by atoms with Gasteiger partial charge in [-0.2, -0.15) is 17.0 Å². The molecule has 1 N–H and O–H groups in total. The van der Waals surface area contributed by atoms with Crippen molar-refractivity contribution in [1.29, 1.82) is 0 Å². The second-order valence-electron chi connectivity index (χ2n) is 5.73. The van der Waals surface area contributed by atoms with Crippen molar-refractivity contribution >= 4 is 10.2 Å². The number of piperidine rings is 1. The minimum Gasteiger partial charge on any atom is -0.314 e. The summed E-state index contributed by atoms with van der Waals surface area (Å²) in [4.78, 5) is 0. The van der Waals surface area contributed by atoms with Crippen molar-refractivity contribution in [1.82, 2.24) is 13.9 Å². The fraction of sp³-hybridized carbons (Fsp3) is 1.00. The summed E-state index contributed by atoms with van der Waals surface area (Å²) in [6.07, 6.45) is 1.53. The van der Waals surface area contributed by atoms with E-state index in [1.807, 2.05) is 0 Å². The molecule has 0 bridgehead atoms. The molecule has 1 heterocycles. The predicted molar refractivity (Wildman–Crippen MR) is 72.9 cm³/mol. The average molecular weight is 311 g/mol. The molecule has 5 nitrogen and oxygen atoms in total. The Morgan fingerprint density at radius 3 is 2.65 bits per heavy atom. The van der Waals surface area contributed by atoms with Crippen LogP contribution in [0.1, 0.15) is 25.7 Å². The van der Waals surface area contributed by atoms with Crippen LogP contribution in [0.5, 0.6) is 0 Å². The summed E-state index contributed by atoms with van der Waals surface area (Å²) in [6, 6.07) is 0.600. The van der Waals surface area contributed by atoms with Crippen molar-refractivity contribution in [2.45, 2.75) is 38.2 Å². The van der Waals surface area contributed by atoms with Crippen LogP contribution in [0.25, 0.3) is 0 Å². The van der Waals surface area contributed by atoms with Crippen molar-refractivity contribution in [3.63, 3.8) is 0 Å². The van der Waals surface area contributed by atoms with Gasteiger partial charge in [-0.05, 0) is 38.1 Å². The second-order valence-corrected chi connectivity index (χ2v) is 7.76. The first kappa shape index (κ1) is 16.1. The zero-order valence-corrected chi connectivity index (χ0v) is 12.6. The van der Waals surface area contributed by atoms with E-state index < -0.39 is 23.2 Å². The summed E-state index contributed by atoms with van der Waals surface area (Å²) in [7, 11) is -2.54. The van der Waals surface area contributed by atoms with Crippen LogP contribution in [-0.4, -0.2) is 62.7 Å². The second kappa shape index (κ2) is 6.64. The van der Waals surface area contributed by atoms with Crippen molar-refractivity contribution in [2.24, 2.45) is 5.92 Å². The van der Waals surface area contributed by atoms with Crippen LogP contribution in [-0.2, 0) is 10.2 Å². The Morgan fingerprint density at radius 2 is 2.05 bits per heavy atom. The lowest BCUT2D eigenvalue weighted by Crippen LogP contribution is -2.49. The maximum Gasteiger partial charge on any atom is 0.281 e. The molecule has 0 aromatic carbocycles. The van der Waals surface area contributed by atoms with Gasteiger partial charge in [0.15, 0.2) is 0 Å². The molecule has 1 atom stereocenters. The molecule has 118 valence electrons. The molecule has 1 aliphatic heterocycles. The molecular weight excluding hydrogens is 288 g/mol. The molecule has 1 aliphatic carbocycles. The SMILES string of the molecule is CN(CC(F)F)S(=O)(=O)N1CCCC(CNC2CC2)C1. The average Bonchev–Trinajstić information content (AvgIpc) is 3.20. The highest BCUT2D eigenvalue weighted by Gasteiger charge is 2.33. The Balaban J connectivity index is 1.88. The molecular formula is C12H23F2N3O2S. The van der Waals surface area contributed by atoms with E-state index in [1.165, 1.54) is 24.2 Å². The quantitative estimate of drug-likeness (QED) is 0.760. The standard InChI is InChI=1S/C12H23F2N3O2S/c1-16(9-12(13)14)20(18,19)17-6-2-3-10(8-17)7-15-11-4-5-11/h10-12,15H,2-9H2,1H3. The van der Waals surface area contributed by atoms with Crippen LogP contribution in [0, 0.1) is 5.92 Å². The Labute approximate surface area is 119 Å². The van der Waals surface area contributed by atoms with Gasteiger partial charge in [0.1, 0.15) is 0 Å². The molecule has 0 aromatic rings. The maximum absolute atomic E-state index is 12.3. The van der Waals surface area contributed by atoms with E-state index in [1.54, 1.807) is 0 Å². The van der Waals surface area contributed by atoms with Gasteiger partial charge in [-0.15, -0.1) is 0 Å². The van der Waals surface area contributed by atoms with Gasteiger partial charge in [-0.25, -0.2) is 8.78 Å². The van der Waals surface area contributed by atoms with Crippen molar-refractivity contribution < 1.29 is 17.2 Å². The van der Waals surface area contributed by atoms with E-state index in [2.05, 4.69) is 5.32 Å². The highest BCUT2D eigenvalue weighted by molar-refractivity contribution is 7.86. The van der Waals surface area contributed by atoms with Gasteiger partial charge in [0, 0.05) is 26.2 Å². The van der Waals surface area contributed by atoms with Gasteiger partial charge in [-0.3, -0.25) is 0 Å². The van der Waals surface area contributed by atoms with Crippen LogP contribution in [0.15, 0.2) is 0 Å². The Morgan fingerprint density at radius 1 is 1.35 bits per heavy atom. The Hall–Kier alpha value is -0.310. The fourth-order valence-electron chi connectivity index (χ4n) is 2.51. The fourth-order valence-corrected chi connectivity index (χ4v) is 3.96. The third-order valence-corrected chi connectivity index (χ3v) is 5.79. The number of rotatable bonds is 7. The monoisotopic (exact) mass is 311 g/mol. The third kappa shape index (κ3) is 4.34. The lowest BCUT2D eigenvalue weighted by atomic mass is 10.00. The van der Waals surface area contributed by atoms with Crippen LogP contribution >= 0.6 is 0 Å². The van der Waals surface area contributed by atoms with Gasteiger partial charge in [0.2, 0.25) is 0 Å². The highest BCUT2D eigenvalue weighted by atomic mass is 32.2. The number of halogens is 2. The molecule has 2 aliphatic rings. The van der Waals surface area contributed by atoms with Crippen molar-refractivity contribution in [2.75, 3.05) is 33.2 Å². The van der Waals surface area contributed by atoms with E-state index >= 15 is 0 Å². The first-order valence-corrected chi connectivity index (χ1v) is 8.52. The normalized spacial score (nSPS) is 25.6. The number of hydrogen-bond acceptors (Lipinski definition) is 3. The molecule has 0 radical (unpaired) electrons. The van der Waals surface area contributed by atoms with Gasteiger partial charge in [0.05, 0.1) is 6.54 Å². The highest BCUT2D eigenvalue weighted by Crippen LogP contribution is 2.23. The lowest BCUT2D eigenvalue weighted by Gasteiger charge is -2.34. The third-order valence-electron chi connectivity index (χ3n) is 3.87. The van der Waals surface area contributed by atoms with E-state index in [9.17, 15) is 17.2 Å². The molecule has 2 rings (SSSR count). The first-order valence-electron chi connectivity index (χ1n) is 7.12. The minimum atomic E-state index is -3.75. The molecule has 20 heavy (non-hydrogen) atoms. The van der Waals surface area contributed by atoms with Gasteiger partial charge in [-0.1, -0.05) is 0 Å². The van der Waals surface area contributed by atoms with Gasteiger partial charge < -0.3 is 5.32 Å². The number of hydrogen-bond donors (Lipinski definition) is 1. The van der Waals surface area contributed by atoms with Crippen LogP contribution in [0.4, 0.5) is 8.78 Å². The van der Waals surface area contributed by atoms with E-state index in [-0.39, 0.29) is 5.92 Å². The summed E-state index contributed by atoms with van der Waals surface area (Å²) in [5.41, 5.74) is 0. The maximum atomic E-state index is 12.3. The lowest BCUT2D eigenvalue weighted by molar-refractivity contribution is 0.122. The minimum absolute atomic E-state index is 0.277. The zero-order valence-electron chi connectivity index (χ0n) is 11.8. The Kier molecular flexibility index (Phi) is 5.33. The smallest absolute Gasteiger partial charge is 0.281 e. The largest absolute Gasteiger partial charge is 0.314 e. The van der Waals surface area contributed by atoms with E-state index in [0.29, 0.717) is 19.1 Å². The molecule has 1 saturated carbocycles. The molecule has 8 heteroatoms. The van der Waals surface area contributed by atoms with Gasteiger partial charge >= 0.3 is 0 Å². The summed E-state index contributed by atoms with van der Waals surface area (Å²) in [5, 5.41) is 3.40. The topological polar surface area (TPSA) is 52.7 Å². The summed E-state index contributed by atoms with van der Waals surface area (Å²) < 4.78 is 51.2. The first-order chi connectivity index (χ1) is 9.39. The number of alkyl halides is 2. The Bertz CT molecular complexity index is 415. The molecule has 2 fully saturated rings. The zero-order chi connectivity index (χ0) is 14.8. The van der Waals surface area contributed by atoms with Gasteiger partial charge in [0.25, 0.3) is 16.6 Å². The number of nitrogens with one attached hydrogen (secondary N) is 1. The van der Waals surface area contributed by atoms with Crippen molar-refractivity contribution in [3.05, 3.63) is 0 Å². The molecule has 0 aromatic heterocycles. The van der Waals surface area contributed by atoms with E-state index in [0.717, 1.165) is 23.7 Å². The predicted octanol–water partition coefficient (Wildman–Crippen LogP) is 0.892. The number of nitrogens with zero attached hydrogens (tertiary/aromatic N) is 2. The summed E-state index contributed by atoms with van der Waals surface area (Å²) in [5.74, 6) is 0.277. The summed E-state index contributed by atoms with van der Waals surface area (Å²) in [6.45, 7) is 0.921. The molecule has 0 amide bonds. The van der Waals surface area contributed by atoms with Crippen LogP contribution < -0.4 is 5.32 Å². The summed E-state index contributed by atoms with van der Waals surface area (Å²) >= 11 is 0. The molecule has 1 saturated heterocycles. The van der Waals surface area contributed by atoms with E-state index in [4.69, 9.17) is 0 Å².